The predicted molar refractivity (Wildman–Crippen MR) is 225 cm³/mol. The van der Waals surface area contributed by atoms with E-state index < -0.39 is 13.7 Å². The topological polar surface area (TPSA) is 168 Å². The number of carbonyl (C=O) groups excluding carboxylic acids is 2. The summed E-state index contributed by atoms with van der Waals surface area (Å²) in [5.74, 6) is 1.31. The molecule has 13 heteroatoms. The number of nitrogens with one attached hydrogen (secondary N) is 2. The molecule has 0 heterocycles. The van der Waals surface area contributed by atoms with E-state index in [9.17, 15) is 19.3 Å². The number of fused-ring (bicyclic) bond motifs is 5. The van der Waals surface area contributed by atoms with Gasteiger partial charge >= 0.3 is 7.82 Å². The fourth-order valence-corrected chi connectivity index (χ4v) is 10.6. The minimum Gasteiger partial charge on any atom is -0.505 e. The molecule has 0 aliphatic heterocycles. The second kappa shape index (κ2) is 19.0. The van der Waals surface area contributed by atoms with Crippen LogP contribution >= 0.6 is 7.82 Å². The van der Waals surface area contributed by atoms with E-state index >= 15 is 0 Å². The van der Waals surface area contributed by atoms with Crippen LogP contribution < -0.4 is 25.6 Å². The maximum atomic E-state index is 14.1. The highest BCUT2D eigenvalue weighted by atomic mass is 31.2. The highest BCUT2D eigenvalue weighted by Crippen LogP contribution is 2.62. The van der Waals surface area contributed by atoms with Crippen LogP contribution in [-0.4, -0.2) is 49.8 Å². The SMILES string of the molecule is COc1ccc(N)c(O)c1C(=O)NCCCNC(=O)CCOC1CCC2C3CCc4cc(OP(=O)(OCc5ccccc5)OCc5ccccc5)ccc4C3CCC12C. The number of aryl methyl sites for hydroxylation is 1. The summed E-state index contributed by atoms with van der Waals surface area (Å²) in [4.78, 5) is 25.3. The third-order valence-electron chi connectivity index (χ3n) is 12.5. The van der Waals surface area contributed by atoms with Crippen molar-refractivity contribution in [2.45, 2.75) is 83.5 Å². The van der Waals surface area contributed by atoms with Crippen molar-refractivity contribution in [1.29, 1.82) is 0 Å². The standard InChI is InChI=1S/C46H56N3O9P/c1-46-24-22-36-35-17-15-34(58-59(53,56-29-31-10-5-3-6-11-31)57-30-32-12-7-4-8-13-32)28-33(35)14-16-37(36)38(46)18-21-41(46)55-27-23-42(50)48-25-9-26-49-45(52)43-40(54-2)20-19-39(47)44(43)51/h3-8,10-13,15,17,19-20,28,36-38,41,51H,9,14,16,18,21-27,29-30,47H2,1-2H3,(H,48,50)(H,49,52). The van der Waals surface area contributed by atoms with Gasteiger partial charge in [-0.05, 0) is 115 Å². The average molecular weight is 826 g/mol. The zero-order chi connectivity index (χ0) is 41.4. The monoisotopic (exact) mass is 825 g/mol. The highest BCUT2D eigenvalue weighted by Gasteiger charge is 2.55. The van der Waals surface area contributed by atoms with Gasteiger partial charge in [0, 0.05) is 19.5 Å². The third kappa shape index (κ3) is 9.95. The van der Waals surface area contributed by atoms with Crippen molar-refractivity contribution >= 4 is 25.3 Å². The van der Waals surface area contributed by atoms with E-state index in [1.165, 1.54) is 30.4 Å². The van der Waals surface area contributed by atoms with Crippen molar-refractivity contribution in [3.8, 4) is 17.2 Å². The minimum absolute atomic E-state index is 0.0149. The van der Waals surface area contributed by atoms with Gasteiger partial charge in [0.15, 0.2) is 5.75 Å². The lowest BCUT2D eigenvalue weighted by molar-refractivity contribution is -0.124. The Hall–Kier alpha value is -4.87. The van der Waals surface area contributed by atoms with Gasteiger partial charge in [0.05, 0.1) is 38.7 Å². The molecule has 0 saturated heterocycles. The first-order valence-corrected chi connectivity index (χ1v) is 22.1. The molecule has 0 aromatic heterocycles. The van der Waals surface area contributed by atoms with Crippen LogP contribution in [0.5, 0.6) is 17.2 Å². The van der Waals surface area contributed by atoms with E-state index in [1.54, 1.807) is 0 Å². The number of anilines is 1. The molecule has 2 saturated carbocycles. The van der Waals surface area contributed by atoms with Gasteiger partial charge in [0.25, 0.3) is 5.91 Å². The van der Waals surface area contributed by atoms with Crippen LogP contribution in [0.1, 0.15) is 90.4 Å². The number of phosphoric acid groups is 1. The number of benzene rings is 4. The molecule has 4 aromatic rings. The molecule has 0 spiro atoms. The first kappa shape index (κ1) is 42.3. The normalized spacial score (nSPS) is 22.1. The van der Waals surface area contributed by atoms with Crippen LogP contribution in [0.2, 0.25) is 0 Å². The number of methoxy groups -OCH3 is 1. The van der Waals surface area contributed by atoms with Crippen LogP contribution in [0.15, 0.2) is 91.0 Å². The van der Waals surface area contributed by atoms with E-state index in [4.69, 9.17) is 28.8 Å². The van der Waals surface area contributed by atoms with Crippen LogP contribution in [0, 0.1) is 17.3 Å². The zero-order valence-corrected chi connectivity index (χ0v) is 34.8. The fourth-order valence-electron chi connectivity index (χ4n) is 9.48. The van der Waals surface area contributed by atoms with Crippen molar-refractivity contribution in [2.75, 3.05) is 32.5 Å². The number of nitrogens with two attached hydrogens (primary N) is 1. The molecular formula is C46H56N3O9P. The van der Waals surface area contributed by atoms with Crippen LogP contribution in [0.3, 0.4) is 0 Å². The number of amides is 2. The number of phenols is 1. The predicted octanol–water partition coefficient (Wildman–Crippen LogP) is 8.47. The second-order valence-corrected chi connectivity index (χ2v) is 17.7. The second-order valence-electron chi connectivity index (χ2n) is 16.1. The largest absolute Gasteiger partial charge is 0.530 e. The molecule has 5 atom stereocenters. The van der Waals surface area contributed by atoms with Gasteiger partial charge in [-0.1, -0.05) is 73.7 Å². The van der Waals surface area contributed by atoms with E-state index in [0.29, 0.717) is 49.6 Å². The number of ether oxygens (including phenoxy) is 2. The molecule has 7 rings (SSSR count). The van der Waals surface area contributed by atoms with Gasteiger partial charge in [-0.25, -0.2) is 4.57 Å². The van der Waals surface area contributed by atoms with E-state index in [0.717, 1.165) is 49.7 Å². The molecule has 3 aliphatic carbocycles. The fraction of sp³-hybridized carbons (Fsp3) is 0.435. The smallest absolute Gasteiger partial charge is 0.505 e. The summed E-state index contributed by atoms with van der Waals surface area (Å²) in [5, 5.41) is 15.9. The molecule has 5 unspecified atom stereocenters. The maximum absolute atomic E-state index is 14.1. The zero-order valence-electron chi connectivity index (χ0n) is 33.9. The van der Waals surface area contributed by atoms with Gasteiger partial charge in [-0.2, -0.15) is 0 Å². The molecule has 0 radical (unpaired) electrons. The van der Waals surface area contributed by atoms with Gasteiger partial charge in [-0.3, -0.25) is 18.6 Å². The molecule has 2 fully saturated rings. The van der Waals surface area contributed by atoms with Gasteiger partial charge in [0.2, 0.25) is 5.91 Å². The Kier molecular flexibility index (Phi) is 13.6. The summed E-state index contributed by atoms with van der Waals surface area (Å²) in [6, 6.07) is 28.2. The van der Waals surface area contributed by atoms with Gasteiger partial charge in [-0.15, -0.1) is 0 Å². The average Bonchev–Trinajstić information content (AvgIpc) is 3.59. The molecular weight excluding hydrogens is 769 g/mol. The van der Waals surface area contributed by atoms with Gasteiger partial charge < -0.3 is 35.5 Å². The maximum Gasteiger partial charge on any atom is 0.530 e. The van der Waals surface area contributed by atoms with E-state index in [1.807, 2.05) is 72.8 Å². The lowest BCUT2D eigenvalue weighted by Gasteiger charge is -2.50. The molecule has 59 heavy (non-hydrogen) atoms. The van der Waals surface area contributed by atoms with E-state index in [-0.39, 0.29) is 59.8 Å². The number of phosphoric ester groups is 1. The number of aromatic hydroxyl groups is 1. The Morgan fingerprint density at radius 2 is 1.58 bits per heavy atom. The summed E-state index contributed by atoms with van der Waals surface area (Å²) < 4.78 is 43.6. The van der Waals surface area contributed by atoms with Crippen molar-refractivity contribution in [3.05, 3.63) is 119 Å². The Morgan fingerprint density at radius 3 is 2.27 bits per heavy atom. The third-order valence-corrected chi connectivity index (χ3v) is 13.8. The lowest BCUT2D eigenvalue weighted by atomic mass is 9.55. The molecule has 314 valence electrons. The summed E-state index contributed by atoms with van der Waals surface area (Å²) in [5.41, 5.74) is 10.2. The molecule has 5 N–H and O–H groups in total. The number of hydrogen-bond acceptors (Lipinski definition) is 10. The Bertz CT molecular complexity index is 2070. The first-order chi connectivity index (χ1) is 28.6. The molecule has 4 aromatic carbocycles. The summed E-state index contributed by atoms with van der Waals surface area (Å²) in [6.07, 6.45) is 7.07. The lowest BCUT2D eigenvalue weighted by Crippen LogP contribution is -2.45. The van der Waals surface area contributed by atoms with E-state index in [2.05, 4.69) is 23.6 Å². The summed E-state index contributed by atoms with van der Waals surface area (Å²) in [7, 11) is -2.56. The van der Waals surface area contributed by atoms with Crippen molar-refractivity contribution < 1.29 is 42.3 Å². The van der Waals surface area contributed by atoms with Crippen LogP contribution in [0.25, 0.3) is 0 Å². The molecule has 2 amide bonds. The molecule has 0 bridgehead atoms. The first-order valence-electron chi connectivity index (χ1n) is 20.7. The van der Waals surface area contributed by atoms with Crippen molar-refractivity contribution in [2.24, 2.45) is 17.3 Å². The van der Waals surface area contributed by atoms with Crippen LogP contribution in [0.4, 0.5) is 5.69 Å². The molecule has 12 nitrogen and oxygen atoms in total. The Labute approximate surface area is 346 Å². The number of nitrogen functional groups attached to an aromatic ring is 1. The minimum atomic E-state index is -3.98. The molecule has 3 aliphatic rings. The number of hydrogen-bond donors (Lipinski definition) is 4. The Morgan fingerprint density at radius 1 is 0.881 bits per heavy atom. The quantitative estimate of drug-likeness (QED) is 0.0331. The summed E-state index contributed by atoms with van der Waals surface area (Å²) in [6.45, 7) is 3.63. The summed E-state index contributed by atoms with van der Waals surface area (Å²) >= 11 is 0. The number of phenolic OH excluding ortho intramolecular Hbond substituents is 1. The van der Waals surface area contributed by atoms with Crippen molar-refractivity contribution in [1.82, 2.24) is 10.6 Å². The highest BCUT2D eigenvalue weighted by molar-refractivity contribution is 7.48. The number of carbonyl (C=O) groups is 2. The van der Waals surface area contributed by atoms with Crippen LogP contribution in [-0.2, 0) is 42.8 Å². The Balaban J connectivity index is 0.882. The van der Waals surface area contributed by atoms with Gasteiger partial charge in [0.1, 0.15) is 17.1 Å². The number of rotatable bonds is 18. The van der Waals surface area contributed by atoms with Crippen molar-refractivity contribution in [3.63, 3.8) is 0 Å².